The van der Waals surface area contributed by atoms with Gasteiger partial charge in [0.25, 0.3) is 5.91 Å². The number of amides is 3. The number of halogens is 1. The van der Waals surface area contributed by atoms with E-state index in [9.17, 15) is 14.4 Å². The Bertz CT molecular complexity index is 1020. The molecule has 0 aliphatic heterocycles. The number of hydrogen-bond acceptors (Lipinski definition) is 5. The van der Waals surface area contributed by atoms with Crippen LogP contribution in [0.4, 0.5) is 5.69 Å². The van der Waals surface area contributed by atoms with Crippen LogP contribution in [0.1, 0.15) is 16.7 Å². The second kappa shape index (κ2) is 11.5. The quantitative estimate of drug-likeness (QED) is 0.253. The first-order valence-electron chi connectivity index (χ1n) is 9.31. The Kier molecular flexibility index (Phi) is 8.78. The fourth-order valence-electron chi connectivity index (χ4n) is 2.41. The summed E-state index contributed by atoms with van der Waals surface area (Å²) in [4.78, 5) is 35.4. The van der Waals surface area contributed by atoms with E-state index in [1.54, 1.807) is 18.2 Å². The molecule has 0 unspecified atom stereocenters. The molecule has 9 heteroatoms. The van der Waals surface area contributed by atoms with E-state index < -0.39 is 11.8 Å². The highest BCUT2D eigenvalue weighted by molar-refractivity contribution is 6.35. The van der Waals surface area contributed by atoms with Crippen LogP contribution in [0.2, 0.25) is 5.02 Å². The Morgan fingerprint density at radius 1 is 1.13 bits per heavy atom. The summed E-state index contributed by atoms with van der Waals surface area (Å²) in [5.41, 5.74) is 5.19. The molecule has 0 saturated heterocycles. The summed E-state index contributed by atoms with van der Waals surface area (Å²) in [5.74, 6) is -1.79. The molecule has 0 fully saturated rings. The molecular weight excluding hydrogens is 420 g/mol. The van der Waals surface area contributed by atoms with Crippen LogP contribution in [0.25, 0.3) is 0 Å². The van der Waals surface area contributed by atoms with E-state index in [1.165, 1.54) is 12.3 Å². The van der Waals surface area contributed by atoms with Crippen LogP contribution >= 0.6 is 11.6 Å². The molecule has 0 bridgehead atoms. The van der Waals surface area contributed by atoms with Gasteiger partial charge in [-0.1, -0.05) is 29.8 Å². The van der Waals surface area contributed by atoms with E-state index in [0.717, 1.165) is 11.1 Å². The number of benzene rings is 2. The SMILES string of the molecule is C=CCNC(=O)C(=O)N/N=C\c1cc(Cl)ccc1OCC(=O)Nc1cc(C)ccc1C. The Morgan fingerprint density at radius 3 is 2.65 bits per heavy atom. The first kappa shape index (κ1) is 23.6. The summed E-state index contributed by atoms with van der Waals surface area (Å²) in [7, 11) is 0. The smallest absolute Gasteiger partial charge is 0.329 e. The minimum atomic E-state index is -0.935. The number of anilines is 1. The Morgan fingerprint density at radius 2 is 1.90 bits per heavy atom. The van der Waals surface area contributed by atoms with Gasteiger partial charge < -0.3 is 15.4 Å². The van der Waals surface area contributed by atoms with Crippen molar-refractivity contribution in [1.29, 1.82) is 0 Å². The molecule has 2 aromatic carbocycles. The molecule has 31 heavy (non-hydrogen) atoms. The van der Waals surface area contributed by atoms with E-state index in [4.69, 9.17) is 16.3 Å². The zero-order valence-corrected chi connectivity index (χ0v) is 18.0. The third kappa shape index (κ3) is 7.60. The molecule has 2 rings (SSSR count). The highest BCUT2D eigenvalue weighted by Crippen LogP contribution is 2.22. The van der Waals surface area contributed by atoms with Gasteiger partial charge in [0.05, 0.1) is 6.21 Å². The maximum absolute atomic E-state index is 12.3. The second-order valence-corrected chi connectivity index (χ2v) is 6.97. The number of aryl methyl sites for hydroxylation is 2. The molecule has 2 aromatic rings. The normalized spacial score (nSPS) is 10.4. The number of hydrogen-bond donors (Lipinski definition) is 3. The minimum Gasteiger partial charge on any atom is -0.483 e. The Balaban J connectivity index is 2.00. The third-order valence-electron chi connectivity index (χ3n) is 3.98. The fourth-order valence-corrected chi connectivity index (χ4v) is 2.59. The molecular formula is C22H23ClN4O4. The van der Waals surface area contributed by atoms with Gasteiger partial charge in [-0.25, -0.2) is 5.43 Å². The van der Waals surface area contributed by atoms with Crippen LogP contribution in [0, 0.1) is 13.8 Å². The van der Waals surface area contributed by atoms with Gasteiger partial charge in [-0.05, 0) is 49.2 Å². The number of hydrazone groups is 1. The zero-order valence-electron chi connectivity index (χ0n) is 17.2. The topological polar surface area (TPSA) is 109 Å². The average molecular weight is 443 g/mol. The maximum Gasteiger partial charge on any atom is 0.329 e. The third-order valence-corrected chi connectivity index (χ3v) is 4.22. The maximum atomic E-state index is 12.3. The highest BCUT2D eigenvalue weighted by atomic mass is 35.5. The summed E-state index contributed by atoms with van der Waals surface area (Å²) in [5, 5.41) is 9.28. The number of rotatable bonds is 8. The van der Waals surface area contributed by atoms with Crippen LogP contribution in [0.15, 0.2) is 54.2 Å². The lowest BCUT2D eigenvalue weighted by Crippen LogP contribution is -2.37. The predicted molar refractivity (Wildman–Crippen MR) is 120 cm³/mol. The summed E-state index contributed by atoms with van der Waals surface area (Å²) in [6.07, 6.45) is 2.71. The molecule has 0 aliphatic carbocycles. The second-order valence-electron chi connectivity index (χ2n) is 6.54. The summed E-state index contributed by atoms with van der Waals surface area (Å²) < 4.78 is 5.59. The molecule has 8 nitrogen and oxygen atoms in total. The zero-order chi connectivity index (χ0) is 22.8. The number of nitrogens with one attached hydrogen (secondary N) is 3. The van der Waals surface area contributed by atoms with Gasteiger partial charge in [-0.2, -0.15) is 5.10 Å². The number of carbonyl (C=O) groups excluding carboxylic acids is 3. The number of carbonyl (C=O) groups is 3. The van der Waals surface area contributed by atoms with Crippen molar-refractivity contribution < 1.29 is 19.1 Å². The van der Waals surface area contributed by atoms with Crippen LogP contribution in [-0.2, 0) is 14.4 Å². The first-order valence-corrected chi connectivity index (χ1v) is 9.69. The molecule has 0 spiro atoms. The van der Waals surface area contributed by atoms with Crippen LogP contribution < -0.4 is 20.8 Å². The summed E-state index contributed by atoms with van der Waals surface area (Å²) in [6.45, 7) is 7.19. The van der Waals surface area contributed by atoms with E-state index in [1.807, 2.05) is 32.0 Å². The lowest BCUT2D eigenvalue weighted by atomic mass is 10.1. The van der Waals surface area contributed by atoms with Crippen LogP contribution in [0.3, 0.4) is 0 Å². The van der Waals surface area contributed by atoms with Gasteiger partial charge in [0.2, 0.25) is 0 Å². The Hall–Kier alpha value is -3.65. The van der Waals surface area contributed by atoms with Gasteiger partial charge in [-0.15, -0.1) is 6.58 Å². The molecule has 0 heterocycles. The lowest BCUT2D eigenvalue weighted by Gasteiger charge is -2.12. The molecule has 0 aliphatic rings. The van der Waals surface area contributed by atoms with E-state index in [2.05, 4.69) is 27.7 Å². The predicted octanol–water partition coefficient (Wildman–Crippen LogP) is 2.73. The van der Waals surface area contributed by atoms with Gasteiger partial charge in [0.1, 0.15) is 5.75 Å². The number of ether oxygens (including phenoxy) is 1. The molecule has 162 valence electrons. The van der Waals surface area contributed by atoms with Crippen molar-refractivity contribution >= 4 is 41.2 Å². The van der Waals surface area contributed by atoms with Gasteiger partial charge in [0, 0.05) is 22.8 Å². The van der Waals surface area contributed by atoms with E-state index >= 15 is 0 Å². The van der Waals surface area contributed by atoms with Crippen molar-refractivity contribution in [3.63, 3.8) is 0 Å². The number of nitrogens with zero attached hydrogens (tertiary/aromatic N) is 1. The molecule has 0 aromatic heterocycles. The molecule has 0 radical (unpaired) electrons. The first-order chi connectivity index (χ1) is 14.8. The van der Waals surface area contributed by atoms with Gasteiger partial charge >= 0.3 is 11.8 Å². The van der Waals surface area contributed by atoms with E-state index in [-0.39, 0.29) is 19.1 Å². The monoisotopic (exact) mass is 442 g/mol. The molecule has 3 amide bonds. The minimum absolute atomic E-state index is 0.159. The van der Waals surface area contributed by atoms with Crippen molar-refractivity contribution in [2.24, 2.45) is 5.10 Å². The lowest BCUT2D eigenvalue weighted by molar-refractivity contribution is -0.139. The molecule has 0 saturated carbocycles. The van der Waals surface area contributed by atoms with Gasteiger partial charge in [-0.3, -0.25) is 14.4 Å². The van der Waals surface area contributed by atoms with Crippen LogP contribution in [-0.4, -0.2) is 37.1 Å². The van der Waals surface area contributed by atoms with Crippen LogP contribution in [0.5, 0.6) is 5.75 Å². The fraction of sp³-hybridized carbons (Fsp3) is 0.182. The largest absolute Gasteiger partial charge is 0.483 e. The van der Waals surface area contributed by atoms with Crippen molar-refractivity contribution in [1.82, 2.24) is 10.7 Å². The highest BCUT2D eigenvalue weighted by Gasteiger charge is 2.12. The summed E-state index contributed by atoms with van der Waals surface area (Å²) in [6, 6.07) is 10.5. The van der Waals surface area contributed by atoms with Crippen molar-refractivity contribution in [3.8, 4) is 5.75 Å². The molecule has 0 atom stereocenters. The van der Waals surface area contributed by atoms with E-state index in [0.29, 0.717) is 22.0 Å². The van der Waals surface area contributed by atoms with Crippen molar-refractivity contribution in [3.05, 3.63) is 70.8 Å². The Labute approximate surface area is 185 Å². The van der Waals surface area contributed by atoms with Crippen molar-refractivity contribution in [2.45, 2.75) is 13.8 Å². The molecule has 3 N–H and O–H groups in total. The van der Waals surface area contributed by atoms with Crippen molar-refractivity contribution in [2.75, 3.05) is 18.5 Å². The van der Waals surface area contributed by atoms with Gasteiger partial charge in [0.15, 0.2) is 6.61 Å². The summed E-state index contributed by atoms with van der Waals surface area (Å²) >= 11 is 6.01. The standard InChI is InChI=1S/C22H23ClN4O4/c1-4-9-24-21(29)22(30)27-25-12-16-11-17(23)7-8-19(16)31-13-20(28)26-18-10-14(2)5-6-15(18)3/h4-8,10-12H,1,9,13H2,2-3H3,(H,24,29)(H,26,28)(H,27,30)/b25-12-. The average Bonchev–Trinajstić information content (AvgIpc) is 2.73.